The summed E-state index contributed by atoms with van der Waals surface area (Å²) in [5.74, 6) is -1.36. The van der Waals surface area contributed by atoms with E-state index in [9.17, 15) is 18.0 Å². The molecule has 0 aliphatic carbocycles. The van der Waals surface area contributed by atoms with Crippen LogP contribution in [0.15, 0.2) is 42.7 Å². The number of benzene rings is 1. The molecule has 0 saturated carbocycles. The number of fused-ring (bicyclic) bond motifs is 1. The first kappa shape index (κ1) is 25.2. The van der Waals surface area contributed by atoms with Gasteiger partial charge < -0.3 is 9.64 Å². The van der Waals surface area contributed by atoms with Gasteiger partial charge in [0.15, 0.2) is 0 Å². The normalized spacial score (nSPS) is 26.1. The smallest absolute Gasteiger partial charge is 0.454 e. The second-order valence-corrected chi connectivity index (χ2v) is 10.3. The molecule has 0 bridgehead atoms. The van der Waals surface area contributed by atoms with E-state index < -0.39 is 18.2 Å². The molecule has 2 aromatic rings. The Bertz CT molecular complexity index is 1030. The highest BCUT2D eigenvalue weighted by Crippen LogP contribution is 2.33. The van der Waals surface area contributed by atoms with Crippen molar-refractivity contribution in [3.8, 4) is 0 Å². The van der Waals surface area contributed by atoms with Crippen LogP contribution >= 0.6 is 11.6 Å². The van der Waals surface area contributed by atoms with Crippen molar-refractivity contribution in [3.05, 3.63) is 53.3 Å². The fourth-order valence-corrected chi connectivity index (χ4v) is 5.92. The number of alkyl halides is 3. The molecule has 5 rings (SSSR count). The molecule has 0 spiro atoms. The average molecular weight is 524 g/mol. The maximum absolute atomic E-state index is 12.7. The fourth-order valence-electron chi connectivity index (χ4n) is 5.80. The molecule has 7 nitrogen and oxygen atoms in total. The van der Waals surface area contributed by atoms with Gasteiger partial charge in [0.05, 0.1) is 0 Å². The number of anilines is 1. The summed E-state index contributed by atoms with van der Waals surface area (Å²) in [6, 6.07) is 10.2. The molecule has 0 unspecified atom stereocenters. The van der Waals surface area contributed by atoms with Crippen LogP contribution in [0.25, 0.3) is 0 Å². The molecular weight excluding hydrogens is 495 g/mol. The summed E-state index contributed by atoms with van der Waals surface area (Å²) in [7, 11) is 0. The first-order chi connectivity index (χ1) is 17.3. The first-order valence-corrected chi connectivity index (χ1v) is 12.7. The third-order valence-corrected chi connectivity index (χ3v) is 7.74. The Kier molecular flexibility index (Phi) is 7.37. The maximum Gasteiger partial charge on any atom is 0.490 e. The van der Waals surface area contributed by atoms with Crippen LogP contribution < -0.4 is 4.90 Å². The molecule has 3 aliphatic rings. The van der Waals surface area contributed by atoms with Crippen molar-refractivity contribution in [3.63, 3.8) is 0 Å². The number of hydrogen-bond donors (Lipinski definition) is 0. The van der Waals surface area contributed by atoms with Gasteiger partial charge in [-0.3, -0.25) is 9.80 Å². The molecule has 3 saturated heterocycles. The van der Waals surface area contributed by atoms with Gasteiger partial charge in [-0.1, -0.05) is 23.7 Å². The number of ether oxygens (including phenoxy) is 1. The number of carbonyl (C=O) groups is 1. The van der Waals surface area contributed by atoms with Gasteiger partial charge in [-0.15, -0.1) is 0 Å². The lowest BCUT2D eigenvalue weighted by Crippen LogP contribution is -2.61. The van der Waals surface area contributed by atoms with Gasteiger partial charge in [-0.25, -0.2) is 14.8 Å². The van der Waals surface area contributed by atoms with E-state index in [4.69, 9.17) is 16.3 Å². The van der Waals surface area contributed by atoms with Crippen molar-refractivity contribution in [2.75, 3.05) is 37.6 Å². The number of halogens is 4. The summed E-state index contributed by atoms with van der Waals surface area (Å²) in [6.45, 7) is 3.49. The minimum absolute atomic E-state index is 0.0630. The number of hydrogen-bond acceptors (Lipinski definition) is 7. The quantitative estimate of drug-likeness (QED) is 0.555. The Morgan fingerprint density at radius 2 is 1.72 bits per heavy atom. The summed E-state index contributed by atoms with van der Waals surface area (Å²) in [4.78, 5) is 27.1. The van der Waals surface area contributed by atoms with Crippen LogP contribution in [0.3, 0.4) is 0 Å². The number of nitrogens with zero attached hydrogens (tertiary/aromatic N) is 5. The van der Waals surface area contributed by atoms with Gasteiger partial charge in [0.2, 0.25) is 5.95 Å². The molecule has 194 valence electrons. The van der Waals surface area contributed by atoms with Gasteiger partial charge in [0.1, 0.15) is 6.10 Å². The largest absolute Gasteiger partial charge is 0.490 e. The van der Waals surface area contributed by atoms with Crippen molar-refractivity contribution in [1.29, 1.82) is 0 Å². The van der Waals surface area contributed by atoms with Crippen LogP contribution in [0.4, 0.5) is 19.1 Å². The second-order valence-electron chi connectivity index (χ2n) is 9.82. The van der Waals surface area contributed by atoms with Crippen molar-refractivity contribution in [2.24, 2.45) is 0 Å². The first-order valence-electron chi connectivity index (χ1n) is 12.3. The Morgan fingerprint density at radius 3 is 2.39 bits per heavy atom. The highest BCUT2D eigenvalue weighted by Gasteiger charge is 2.47. The number of piperazine rings is 1. The minimum Gasteiger partial charge on any atom is -0.454 e. The molecule has 1 aromatic heterocycles. The van der Waals surface area contributed by atoms with E-state index in [1.807, 2.05) is 24.3 Å². The van der Waals surface area contributed by atoms with Crippen LogP contribution in [-0.2, 0) is 16.0 Å². The Labute approximate surface area is 213 Å². The lowest BCUT2D eigenvalue weighted by Gasteiger charge is -2.49. The van der Waals surface area contributed by atoms with Gasteiger partial charge in [-0.2, -0.15) is 13.2 Å². The maximum atomic E-state index is 12.7. The molecule has 1 aromatic carbocycles. The predicted octanol–water partition coefficient (Wildman–Crippen LogP) is 3.57. The molecule has 3 aliphatic heterocycles. The van der Waals surface area contributed by atoms with Crippen molar-refractivity contribution < 1.29 is 22.7 Å². The fraction of sp³-hybridized carbons (Fsp3) is 0.560. The van der Waals surface area contributed by atoms with Crippen molar-refractivity contribution >= 4 is 23.5 Å². The van der Waals surface area contributed by atoms with E-state index in [0.717, 1.165) is 51.4 Å². The molecule has 3 fully saturated rings. The van der Waals surface area contributed by atoms with E-state index in [-0.39, 0.29) is 12.1 Å². The van der Waals surface area contributed by atoms with Crippen LogP contribution in [0.5, 0.6) is 0 Å². The van der Waals surface area contributed by atoms with E-state index in [0.29, 0.717) is 24.0 Å². The standard InChI is InChI=1S/C25H29ClF3N5O2/c26-18-4-2-17(3-5-18)12-21-14-33-16-22(36-23(35)25(27,28)29)13-20(33)15-34(21)19-6-10-32(11-7-19)24-30-8-1-9-31-24/h1-5,8-9,19-22H,6-7,10-16H2/t20-,21-,22+/m0/s1. The van der Waals surface area contributed by atoms with E-state index >= 15 is 0 Å². The predicted molar refractivity (Wildman–Crippen MR) is 129 cm³/mol. The van der Waals surface area contributed by atoms with Gasteiger partial charge in [0, 0.05) is 74.7 Å². The zero-order chi connectivity index (χ0) is 25.3. The van der Waals surface area contributed by atoms with Gasteiger partial charge in [0.25, 0.3) is 0 Å². The molecular formula is C25H29ClF3N5O2. The number of esters is 1. The third-order valence-electron chi connectivity index (χ3n) is 7.48. The zero-order valence-corrected chi connectivity index (χ0v) is 20.5. The summed E-state index contributed by atoms with van der Waals surface area (Å²) >= 11 is 6.08. The van der Waals surface area contributed by atoms with Gasteiger partial charge in [-0.05, 0) is 43.0 Å². The summed E-state index contributed by atoms with van der Waals surface area (Å²) < 4.78 is 43.1. The Morgan fingerprint density at radius 1 is 1.03 bits per heavy atom. The molecule has 3 atom stereocenters. The Hall–Kier alpha value is -2.43. The number of carbonyl (C=O) groups excluding carboxylic acids is 1. The minimum atomic E-state index is -4.97. The molecule has 36 heavy (non-hydrogen) atoms. The SMILES string of the molecule is O=C(O[C@@H]1C[C@H]2CN(C3CCN(c4ncccn4)CC3)[C@@H](Cc3ccc(Cl)cc3)CN2C1)C(F)(F)F. The van der Waals surface area contributed by atoms with E-state index in [1.54, 1.807) is 18.5 Å². The zero-order valence-electron chi connectivity index (χ0n) is 19.8. The average Bonchev–Trinajstić information content (AvgIpc) is 3.26. The Balaban J connectivity index is 1.28. The summed E-state index contributed by atoms with van der Waals surface area (Å²) in [6.07, 6.45) is 0.928. The van der Waals surface area contributed by atoms with E-state index in [1.165, 1.54) is 5.56 Å². The number of aromatic nitrogens is 2. The molecule has 11 heteroatoms. The number of piperidine rings is 1. The van der Waals surface area contributed by atoms with Crippen LogP contribution in [0.2, 0.25) is 5.02 Å². The number of rotatable bonds is 5. The van der Waals surface area contributed by atoms with Crippen LogP contribution in [0.1, 0.15) is 24.8 Å². The molecule has 0 amide bonds. The monoisotopic (exact) mass is 523 g/mol. The second kappa shape index (κ2) is 10.5. The van der Waals surface area contributed by atoms with Crippen molar-refractivity contribution in [1.82, 2.24) is 19.8 Å². The van der Waals surface area contributed by atoms with Crippen molar-refractivity contribution in [2.45, 2.75) is 56.1 Å². The highest BCUT2D eigenvalue weighted by molar-refractivity contribution is 6.30. The molecule has 4 heterocycles. The summed E-state index contributed by atoms with van der Waals surface area (Å²) in [5.41, 5.74) is 1.17. The van der Waals surface area contributed by atoms with Crippen LogP contribution in [0, 0.1) is 0 Å². The summed E-state index contributed by atoms with van der Waals surface area (Å²) in [5, 5.41) is 0.684. The lowest BCUT2D eigenvalue weighted by molar-refractivity contribution is -0.204. The van der Waals surface area contributed by atoms with E-state index in [2.05, 4.69) is 24.7 Å². The van der Waals surface area contributed by atoms with Crippen LogP contribution in [-0.4, -0.2) is 88.9 Å². The molecule has 0 N–H and O–H groups in total. The molecule has 0 radical (unpaired) electrons. The van der Waals surface area contributed by atoms with Gasteiger partial charge >= 0.3 is 12.1 Å². The third kappa shape index (κ3) is 5.76. The highest BCUT2D eigenvalue weighted by atomic mass is 35.5. The lowest BCUT2D eigenvalue weighted by atomic mass is 9.94. The topological polar surface area (TPSA) is 61.8 Å².